The van der Waals surface area contributed by atoms with E-state index in [2.05, 4.69) is 35.1 Å². The van der Waals surface area contributed by atoms with E-state index in [1.165, 1.54) is 5.56 Å². The number of benzene rings is 1. The predicted octanol–water partition coefficient (Wildman–Crippen LogP) is 6.10. The largest absolute Gasteiger partial charge is 0.375 e. The average molecular weight is 488 g/mol. The number of hydrogen-bond acceptors (Lipinski definition) is 4. The molecule has 3 heterocycles. The van der Waals surface area contributed by atoms with E-state index in [4.69, 9.17) is 16.3 Å². The highest BCUT2D eigenvalue weighted by molar-refractivity contribution is 6.32. The minimum absolute atomic E-state index is 0.0349. The first kappa shape index (κ1) is 24.0. The molecule has 0 bridgehead atoms. The van der Waals surface area contributed by atoms with Gasteiger partial charge in [-0.15, -0.1) is 0 Å². The van der Waals surface area contributed by atoms with E-state index < -0.39 is 6.17 Å². The number of aromatic nitrogens is 1. The fraction of sp³-hybridized carbons (Fsp3) is 0.630. The number of anilines is 1. The number of nitrogens with one attached hydrogen (secondary N) is 1. The molecule has 34 heavy (non-hydrogen) atoms. The molecule has 2 aliphatic heterocycles. The van der Waals surface area contributed by atoms with E-state index in [-0.39, 0.29) is 17.4 Å². The molecule has 3 fully saturated rings. The van der Waals surface area contributed by atoms with Crippen molar-refractivity contribution in [3.63, 3.8) is 0 Å². The molecule has 2 atom stereocenters. The van der Waals surface area contributed by atoms with Crippen LogP contribution in [0.1, 0.15) is 70.3 Å². The number of carbonyl (C=O) groups excluding carboxylic acids is 1. The first-order chi connectivity index (χ1) is 16.3. The van der Waals surface area contributed by atoms with Crippen LogP contribution in [0, 0.1) is 5.92 Å². The van der Waals surface area contributed by atoms with Crippen molar-refractivity contribution in [2.75, 3.05) is 25.0 Å². The van der Waals surface area contributed by atoms with Crippen LogP contribution in [0.3, 0.4) is 0 Å². The summed E-state index contributed by atoms with van der Waals surface area (Å²) in [4.78, 5) is 19.5. The monoisotopic (exact) mass is 487 g/mol. The number of likely N-dealkylation sites (tertiary alicyclic amines) is 1. The maximum atomic E-state index is 13.6. The van der Waals surface area contributed by atoms with Gasteiger partial charge in [0.05, 0.1) is 18.1 Å². The third kappa shape index (κ3) is 5.24. The van der Waals surface area contributed by atoms with Gasteiger partial charge in [0, 0.05) is 35.7 Å². The maximum absolute atomic E-state index is 13.6. The summed E-state index contributed by atoms with van der Waals surface area (Å²) in [6, 6.07) is 6.59. The van der Waals surface area contributed by atoms with E-state index in [1.54, 1.807) is 6.20 Å². The van der Waals surface area contributed by atoms with Crippen LogP contribution in [0.2, 0.25) is 5.02 Å². The van der Waals surface area contributed by atoms with Crippen molar-refractivity contribution in [2.24, 2.45) is 5.92 Å². The average Bonchev–Trinajstić information content (AvgIpc) is 3.25. The molecule has 0 radical (unpaired) electrons. The zero-order valence-electron chi connectivity index (χ0n) is 20.2. The van der Waals surface area contributed by atoms with Gasteiger partial charge in [0.1, 0.15) is 12.0 Å². The van der Waals surface area contributed by atoms with Crippen LogP contribution in [-0.2, 0) is 9.53 Å². The van der Waals surface area contributed by atoms with Gasteiger partial charge in [-0.25, -0.2) is 9.37 Å². The molecule has 184 valence electrons. The van der Waals surface area contributed by atoms with Crippen LogP contribution in [0.5, 0.6) is 0 Å². The Labute approximate surface area is 206 Å². The SMILES string of the molecule is CC1(C)CC[C@H](C(=O)Nc2cc3cc(C4CCC(N5CC[C@@H](F)C5)CC4)c(Cl)cc3cn2)CO1. The lowest BCUT2D eigenvalue weighted by Crippen LogP contribution is -2.38. The van der Waals surface area contributed by atoms with Gasteiger partial charge < -0.3 is 10.1 Å². The van der Waals surface area contributed by atoms with E-state index in [9.17, 15) is 9.18 Å². The number of carbonyl (C=O) groups is 1. The Hall–Kier alpha value is -1.76. The Morgan fingerprint density at radius 2 is 1.94 bits per heavy atom. The first-order valence-corrected chi connectivity index (χ1v) is 13.1. The lowest BCUT2D eigenvalue weighted by molar-refractivity contribution is -0.131. The highest BCUT2D eigenvalue weighted by Crippen LogP contribution is 2.40. The minimum Gasteiger partial charge on any atom is -0.375 e. The Morgan fingerprint density at radius 3 is 2.62 bits per heavy atom. The first-order valence-electron chi connectivity index (χ1n) is 12.7. The fourth-order valence-corrected chi connectivity index (χ4v) is 6.16. The quantitative estimate of drug-likeness (QED) is 0.566. The van der Waals surface area contributed by atoms with E-state index in [1.807, 2.05) is 12.1 Å². The van der Waals surface area contributed by atoms with Gasteiger partial charge in [-0.05, 0) is 93.9 Å². The molecule has 0 unspecified atom stereocenters. The molecule has 1 aromatic carbocycles. The van der Waals surface area contributed by atoms with Gasteiger partial charge in [0.15, 0.2) is 0 Å². The van der Waals surface area contributed by atoms with Crippen LogP contribution < -0.4 is 5.32 Å². The highest BCUT2D eigenvalue weighted by atomic mass is 35.5. The van der Waals surface area contributed by atoms with Crippen LogP contribution in [-0.4, -0.2) is 53.3 Å². The lowest BCUT2D eigenvalue weighted by Gasteiger charge is -2.35. The molecule has 0 spiro atoms. The Balaban J connectivity index is 1.26. The highest BCUT2D eigenvalue weighted by Gasteiger charge is 2.33. The Kier molecular flexibility index (Phi) is 6.84. The van der Waals surface area contributed by atoms with E-state index in [0.717, 1.165) is 60.9 Å². The molecule has 5 nitrogen and oxygen atoms in total. The summed E-state index contributed by atoms with van der Waals surface area (Å²) in [5.74, 6) is 0.789. The van der Waals surface area contributed by atoms with Crippen molar-refractivity contribution in [3.8, 4) is 0 Å². The molecular formula is C27H35ClFN3O2. The number of rotatable bonds is 4. The molecule has 1 aliphatic carbocycles. The van der Waals surface area contributed by atoms with Crippen molar-refractivity contribution < 1.29 is 13.9 Å². The molecule has 1 N–H and O–H groups in total. The number of amides is 1. The Bertz CT molecular complexity index is 1040. The molecule has 5 rings (SSSR count). The van der Waals surface area contributed by atoms with Gasteiger partial charge in [-0.1, -0.05) is 11.6 Å². The van der Waals surface area contributed by atoms with Gasteiger partial charge in [0.25, 0.3) is 0 Å². The summed E-state index contributed by atoms with van der Waals surface area (Å²) >= 11 is 6.70. The number of ether oxygens (including phenoxy) is 1. The van der Waals surface area contributed by atoms with Crippen LogP contribution >= 0.6 is 11.6 Å². The topological polar surface area (TPSA) is 54.5 Å². The third-order valence-corrected chi connectivity index (χ3v) is 8.37. The number of alkyl halides is 1. The van der Waals surface area contributed by atoms with E-state index >= 15 is 0 Å². The second-order valence-corrected chi connectivity index (χ2v) is 11.4. The summed E-state index contributed by atoms with van der Waals surface area (Å²) in [6.07, 6.45) is 7.78. The Morgan fingerprint density at radius 1 is 1.15 bits per heavy atom. The van der Waals surface area contributed by atoms with Crippen LogP contribution in [0.4, 0.5) is 10.2 Å². The maximum Gasteiger partial charge on any atom is 0.230 e. The van der Waals surface area contributed by atoms with E-state index in [0.29, 0.717) is 37.4 Å². The van der Waals surface area contributed by atoms with Crippen molar-refractivity contribution >= 4 is 34.1 Å². The molecule has 1 aromatic heterocycles. The summed E-state index contributed by atoms with van der Waals surface area (Å²) in [5.41, 5.74) is 1.01. The molecule has 2 saturated heterocycles. The van der Waals surface area contributed by atoms with Gasteiger partial charge >= 0.3 is 0 Å². The molecule has 1 amide bonds. The van der Waals surface area contributed by atoms with Gasteiger partial charge in [0.2, 0.25) is 5.91 Å². The van der Waals surface area contributed by atoms with Crippen LogP contribution in [0.25, 0.3) is 10.8 Å². The normalized spacial score (nSPS) is 29.9. The third-order valence-electron chi connectivity index (χ3n) is 8.04. The predicted molar refractivity (Wildman–Crippen MR) is 134 cm³/mol. The van der Waals surface area contributed by atoms with Crippen molar-refractivity contribution in [1.29, 1.82) is 0 Å². The van der Waals surface area contributed by atoms with Gasteiger partial charge in [-0.2, -0.15) is 0 Å². The molecule has 7 heteroatoms. The van der Waals surface area contributed by atoms with Crippen molar-refractivity contribution in [1.82, 2.24) is 9.88 Å². The summed E-state index contributed by atoms with van der Waals surface area (Å²) in [7, 11) is 0. The summed E-state index contributed by atoms with van der Waals surface area (Å²) in [5, 5.41) is 5.77. The summed E-state index contributed by atoms with van der Waals surface area (Å²) in [6.45, 7) is 6.05. The van der Waals surface area contributed by atoms with Crippen LogP contribution in [0.15, 0.2) is 24.4 Å². The number of halogens is 2. The molecular weight excluding hydrogens is 453 g/mol. The summed E-state index contributed by atoms with van der Waals surface area (Å²) < 4.78 is 19.5. The zero-order chi connectivity index (χ0) is 23.9. The standard InChI is InChI=1S/C27H35ClFN3O2/c1-27(2)9-7-18(16-34-27)26(33)31-25-13-19-11-23(24(28)12-20(19)14-30-25)17-3-5-22(6-4-17)32-10-8-21(29)15-32/h11-14,17-18,21-22H,3-10,15-16H2,1-2H3,(H,30,31,33)/t17?,18-,21+,22?/m0/s1. The van der Waals surface area contributed by atoms with Crippen molar-refractivity contribution in [2.45, 2.75) is 82.5 Å². The molecule has 3 aliphatic rings. The van der Waals surface area contributed by atoms with Gasteiger partial charge in [-0.3, -0.25) is 9.69 Å². The second-order valence-electron chi connectivity index (χ2n) is 11.0. The molecule has 2 aromatic rings. The minimum atomic E-state index is -0.659. The number of pyridine rings is 1. The molecule has 1 saturated carbocycles. The lowest BCUT2D eigenvalue weighted by atomic mass is 9.81. The smallest absolute Gasteiger partial charge is 0.230 e. The van der Waals surface area contributed by atoms with Crippen molar-refractivity contribution in [3.05, 3.63) is 35.0 Å². The number of fused-ring (bicyclic) bond motifs is 1. The zero-order valence-corrected chi connectivity index (χ0v) is 20.9. The number of hydrogen-bond donors (Lipinski definition) is 1. The number of nitrogens with zero attached hydrogens (tertiary/aromatic N) is 2. The second kappa shape index (κ2) is 9.71. The fourth-order valence-electron chi connectivity index (χ4n) is 5.83.